The van der Waals surface area contributed by atoms with Crippen molar-refractivity contribution >= 4 is 5.91 Å². The molecule has 1 saturated heterocycles. The zero-order valence-corrected chi connectivity index (χ0v) is 15.0. The number of amides is 1. The fourth-order valence-electron chi connectivity index (χ4n) is 3.00. The van der Waals surface area contributed by atoms with Crippen LogP contribution in [0.25, 0.3) is 0 Å². The van der Waals surface area contributed by atoms with Gasteiger partial charge in [0, 0.05) is 25.2 Å². The highest BCUT2D eigenvalue weighted by molar-refractivity contribution is 5.94. The lowest BCUT2D eigenvalue weighted by atomic mass is 9.88. The van der Waals surface area contributed by atoms with Crippen molar-refractivity contribution in [3.63, 3.8) is 0 Å². The summed E-state index contributed by atoms with van der Waals surface area (Å²) in [5, 5.41) is 12.5. The molecule has 1 atom stereocenters. The van der Waals surface area contributed by atoms with Gasteiger partial charge in [-0.3, -0.25) is 9.69 Å². The van der Waals surface area contributed by atoms with E-state index in [0.717, 1.165) is 44.8 Å². The molecule has 2 N–H and O–H groups in total. The van der Waals surface area contributed by atoms with Crippen LogP contribution < -0.4 is 5.32 Å². The molecule has 5 heteroatoms. The van der Waals surface area contributed by atoms with Crippen molar-refractivity contribution in [2.45, 2.75) is 39.8 Å². The number of rotatable bonds is 6. The maximum Gasteiger partial charge on any atom is 0.251 e. The third-order valence-electron chi connectivity index (χ3n) is 4.11. The fraction of sp³-hybridized carbons (Fsp3) is 0.632. The third-order valence-corrected chi connectivity index (χ3v) is 4.11. The van der Waals surface area contributed by atoms with Crippen molar-refractivity contribution in [3.05, 3.63) is 35.4 Å². The lowest BCUT2D eigenvalue weighted by Gasteiger charge is -2.27. The molecule has 0 aliphatic carbocycles. The first-order chi connectivity index (χ1) is 11.4. The summed E-state index contributed by atoms with van der Waals surface area (Å²) in [6.45, 7) is 10.5. The van der Waals surface area contributed by atoms with Gasteiger partial charge in [-0.05, 0) is 29.5 Å². The molecule has 1 aliphatic heterocycles. The molecule has 1 amide bonds. The van der Waals surface area contributed by atoms with Gasteiger partial charge >= 0.3 is 0 Å². The Morgan fingerprint density at radius 2 is 2.04 bits per heavy atom. The number of carbonyl (C=O) groups excluding carboxylic acids is 1. The van der Waals surface area contributed by atoms with Crippen LogP contribution in [0.5, 0.6) is 0 Å². The van der Waals surface area contributed by atoms with Crippen LogP contribution in [0, 0.1) is 5.41 Å². The Kier molecular flexibility index (Phi) is 6.78. The van der Waals surface area contributed by atoms with Crippen molar-refractivity contribution in [1.82, 2.24) is 10.2 Å². The summed E-state index contributed by atoms with van der Waals surface area (Å²) in [5.74, 6) is -0.123. The number of aliphatic hydroxyl groups excluding tert-OH is 1. The highest BCUT2D eigenvalue weighted by Crippen LogP contribution is 2.21. The van der Waals surface area contributed by atoms with Gasteiger partial charge in [-0.2, -0.15) is 0 Å². The Morgan fingerprint density at radius 1 is 1.33 bits per heavy atom. The third kappa shape index (κ3) is 6.23. The maximum atomic E-state index is 12.5. The van der Waals surface area contributed by atoms with E-state index in [9.17, 15) is 9.90 Å². The van der Waals surface area contributed by atoms with Crippen LogP contribution in [0.1, 0.15) is 43.1 Å². The number of benzene rings is 1. The van der Waals surface area contributed by atoms with E-state index in [2.05, 4.69) is 31.0 Å². The summed E-state index contributed by atoms with van der Waals surface area (Å²) >= 11 is 0. The molecule has 0 radical (unpaired) electrons. The second kappa shape index (κ2) is 8.60. The number of hydrogen-bond acceptors (Lipinski definition) is 4. The van der Waals surface area contributed by atoms with Gasteiger partial charge in [-0.25, -0.2) is 0 Å². The van der Waals surface area contributed by atoms with Crippen LogP contribution in [-0.2, 0) is 11.3 Å². The second-order valence-electron chi connectivity index (χ2n) is 7.71. The number of nitrogens with zero attached hydrogens (tertiary/aromatic N) is 1. The average Bonchev–Trinajstić information content (AvgIpc) is 2.54. The minimum atomic E-state index is -0.222. The van der Waals surface area contributed by atoms with Crippen molar-refractivity contribution in [3.8, 4) is 0 Å². The number of hydrogen-bond donors (Lipinski definition) is 2. The first-order valence-corrected chi connectivity index (χ1v) is 8.68. The van der Waals surface area contributed by atoms with Gasteiger partial charge in [0.05, 0.1) is 25.9 Å². The van der Waals surface area contributed by atoms with Gasteiger partial charge in [0.1, 0.15) is 0 Å². The highest BCUT2D eigenvalue weighted by Gasteiger charge is 2.20. The Labute approximate surface area is 145 Å². The second-order valence-corrected chi connectivity index (χ2v) is 7.71. The van der Waals surface area contributed by atoms with Gasteiger partial charge in [0.25, 0.3) is 5.91 Å². The zero-order valence-electron chi connectivity index (χ0n) is 15.0. The Balaban J connectivity index is 1.97. The molecule has 2 rings (SSSR count). The topological polar surface area (TPSA) is 61.8 Å². The van der Waals surface area contributed by atoms with Gasteiger partial charge in [0.2, 0.25) is 0 Å². The van der Waals surface area contributed by atoms with Crippen molar-refractivity contribution < 1.29 is 14.6 Å². The maximum absolute atomic E-state index is 12.5. The van der Waals surface area contributed by atoms with E-state index in [0.29, 0.717) is 5.56 Å². The van der Waals surface area contributed by atoms with Gasteiger partial charge in [-0.1, -0.05) is 32.9 Å². The van der Waals surface area contributed by atoms with Crippen molar-refractivity contribution in [2.75, 3.05) is 32.9 Å². The standard InChI is InChI=1S/C19H30N2O3/c1-19(2,3)12-17(14-22)20-18(23)16-6-4-5-15(11-16)13-21-7-9-24-10-8-21/h4-6,11,17,22H,7-10,12-14H2,1-3H3,(H,20,23). The normalized spacial score (nSPS) is 17.5. The van der Waals surface area contributed by atoms with Crippen molar-refractivity contribution in [1.29, 1.82) is 0 Å². The predicted octanol–water partition coefficient (Wildman–Crippen LogP) is 2.05. The monoisotopic (exact) mass is 334 g/mol. The van der Waals surface area contributed by atoms with Crippen molar-refractivity contribution in [2.24, 2.45) is 5.41 Å². The molecule has 1 unspecified atom stereocenters. The lowest BCUT2D eigenvalue weighted by Crippen LogP contribution is -2.40. The molecule has 0 saturated carbocycles. The molecule has 1 fully saturated rings. The van der Waals surface area contributed by atoms with Crippen LogP contribution in [0.2, 0.25) is 0 Å². The summed E-state index contributed by atoms with van der Waals surface area (Å²) in [5.41, 5.74) is 1.83. The quantitative estimate of drug-likeness (QED) is 0.836. The van der Waals surface area contributed by atoms with Crippen LogP contribution in [0.3, 0.4) is 0 Å². The van der Waals surface area contributed by atoms with Gasteiger partial charge < -0.3 is 15.2 Å². The summed E-state index contributed by atoms with van der Waals surface area (Å²) in [6.07, 6.45) is 0.739. The van der Waals surface area contributed by atoms with Crippen LogP contribution >= 0.6 is 0 Å². The predicted molar refractivity (Wildman–Crippen MR) is 95.0 cm³/mol. The molecule has 1 aromatic carbocycles. The van der Waals surface area contributed by atoms with E-state index in [4.69, 9.17) is 4.74 Å². The molecule has 1 heterocycles. The fourth-order valence-corrected chi connectivity index (χ4v) is 3.00. The van der Waals surface area contributed by atoms with Crippen LogP contribution in [0.15, 0.2) is 24.3 Å². The first kappa shape index (κ1) is 18.9. The molecule has 134 valence electrons. The molecular weight excluding hydrogens is 304 g/mol. The summed E-state index contributed by atoms with van der Waals surface area (Å²) in [7, 11) is 0. The Hall–Kier alpha value is -1.43. The molecular formula is C19H30N2O3. The van der Waals surface area contributed by atoms with E-state index in [-0.39, 0.29) is 24.0 Å². The molecule has 1 aliphatic rings. The molecule has 1 aromatic rings. The van der Waals surface area contributed by atoms with Gasteiger partial charge in [0.15, 0.2) is 0 Å². The minimum Gasteiger partial charge on any atom is -0.394 e. The zero-order chi connectivity index (χ0) is 17.6. The largest absolute Gasteiger partial charge is 0.394 e. The molecule has 0 aromatic heterocycles. The smallest absolute Gasteiger partial charge is 0.251 e. The van der Waals surface area contributed by atoms with E-state index in [1.807, 2.05) is 24.3 Å². The van der Waals surface area contributed by atoms with E-state index in [1.165, 1.54) is 0 Å². The van der Waals surface area contributed by atoms with Crippen LogP contribution in [-0.4, -0.2) is 54.9 Å². The minimum absolute atomic E-state index is 0.0452. The van der Waals surface area contributed by atoms with E-state index in [1.54, 1.807) is 0 Å². The van der Waals surface area contributed by atoms with Crippen LogP contribution in [0.4, 0.5) is 0 Å². The molecule has 24 heavy (non-hydrogen) atoms. The van der Waals surface area contributed by atoms with E-state index < -0.39 is 0 Å². The summed E-state index contributed by atoms with van der Waals surface area (Å²) in [6, 6.07) is 7.51. The number of carbonyl (C=O) groups is 1. The summed E-state index contributed by atoms with van der Waals surface area (Å²) < 4.78 is 5.37. The van der Waals surface area contributed by atoms with E-state index >= 15 is 0 Å². The molecule has 0 bridgehead atoms. The molecule has 0 spiro atoms. The first-order valence-electron chi connectivity index (χ1n) is 8.68. The molecule has 5 nitrogen and oxygen atoms in total. The Morgan fingerprint density at radius 3 is 2.67 bits per heavy atom. The number of nitrogens with one attached hydrogen (secondary N) is 1. The lowest BCUT2D eigenvalue weighted by molar-refractivity contribution is 0.0342. The number of ether oxygens (including phenoxy) is 1. The highest BCUT2D eigenvalue weighted by atomic mass is 16.5. The SMILES string of the molecule is CC(C)(C)CC(CO)NC(=O)c1cccc(CN2CCOCC2)c1. The van der Waals surface area contributed by atoms with Gasteiger partial charge in [-0.15, -0.1) is 0 Å². The Bertz CT molecular complexity index is 534. The number of morpholine rings is 1. The number of aliphatic hydroxyl groups is 1. The average molecular weight is 334 g/mol. The summed E-state index contributed by atoms with van der Waals surface area (Å²) in [4.78, 5) is 14.8.